The summed E-state index contributed by atoms with van der Waals surface area (Å²) in [5, 5.41) is 3.02. The van der Waals surface area contributed by atoms with Gasteiger partial charge in [-0.3, -0.25) is 4.79 Å². The predicted molar refractivity (Wildman–Crippen MR) is 64.2 cm³/mol. The zero-order valence-electron chi connectivity index (χ0n) is 9.90. The summed E-state index contributed by atoms with van der Waals surface area (Å²) in [6.45, 7) is 4.73. The maximum absolute atomic E-state index is 11.3. The van der Waals surface area contributed by atoms with E-state index in [1.807, 2.05) is 44.2 Å². The molecule has 0 aliphatic rings. The molecule has 1 aromatic carbocycles. The van der Waals surface area contributed by atoms with Crippen LogP contribution >= 0.6 is 0 Å². The van der Waals surface area contributed by atoms with Crippen molar-refractivity contribution in [3.8, 4) is 0 Å². The molecule has 0 amide bonds. The Balaban J connectivity index is 2.13. The normalized spacial score (nSPS) is 10.4. The molecule has 0 heterocycles. The number of carbonyl (C=O) groups excluding carboxylic acids is 1. The Morgan fingerprint density at radius 1 is 1.31 bits per heavy atom. The van der Waals surface area contributed by atoms with Crippen LogP contribution in [0.15, 0.2) is 30.3 Å². The second-order valence-corrected chi connectivity index (χ2v) is 3.99. The van der Waals surface area contributed by atoms with Gasteiger partial charge in [-0.1, -0.05) is 44.2 Å². The van der Waals surface area contributed by atoms with E-state index in [4.69, 9.17) is 4.74 Å². The highest BCUT2D eigenvalue weighted by Gasteiger charge is 2.03. The van der Waals surface area contributed by atoms with Crippen LogP contribution in [0.2, 0.25) is 0 Å². The number of ether oxygens (including phenoxy) is 1. The summed E-state index contributed by atoms with van der Waals surface area (Å²) < 4.78 is 5.09. The molecule has 0 saturated heterocycles. The summed E-state index contributed by atoms with van der Waals surface area (Å²) in [5.41, 5.74) is 1.19. The van der Waals surface area contributed by atoms with E-state index in [1.165, 1.54) is 5.56 Å². The smallest absolute Gasteiger partial charge is 0.319 e. The van der Waals surface area contributed by atoms with E-state index in [0.29, 0.717) is 12.6 Å². The van der Waals surface area contributed by atoms with E-state index >= 15 is 0 Å². The van der Waals surface area contributed by atoms with Crippen molar-refractivity contribution in [2.75, 3.05) is 13.2 Å². The van der Waals surface area contributed by atoms with Gasteiger partial charge < -0.3 is 10.1 Å². The molecule has 3 nitrogen and oxygen atoms in total. The minimum Gasteiger partial charge on any atom is -0.464 e. The summed E-state index contributed by atoms with van der Waals surface area (Å²) in [4.78, 5) is 11.3. The first-order chi connectivity index (χ1) is 7.68. The van der Waals surface area contributed by atoms with E-state index in [1.54, 1.807) is 0 Å². The van der Waals surface area contributed by atoms with Crippen molar-refractivity contribution in [1.29, 1.82) is 0 Å². The predicted octanol–water partition coefficient (Wildman–Crippen LogP) is 1.77. The fraction of sp³-hybridized carbons (Fsp3) is 0.462. The van der Waals surface area contributed by atoms with Gasteiger partial charge in [-0.2, -0.15) is 0 Å². The van der Waals surface area contributed by atoms with Crippen molar-refractivity contribution in [3.05, 3.63) is 35.9 Å². The molecule has 1 N–H and O–H groups in total. The molecule has 0 unspecified atom stereocenters. The molecular formula is C13H19NO2. The second kappa shape index (κ2) is 7.01. The fourth-order valence-electron chi connectivity index (χ4n) is 1.27. The molecule has 0 aliphatic heterocycles. The lowest BCUT2D eigenvalue weighted by Gasteiger charge is -2.08. The standard InChI is InChI=1S/C13H19NO2/c1-11(2)14-10-13(15)16-9-8-12-6-4-3-5-7-12/h3-7,11,14H,8-10H2,1-2H3. The molecule has 88 valence electrons. The lowest BCUT2D eigenvalue weighted by atomic mass is 10.2. The molecule has 0 atom stereocenters. The SMILES string of the molecule is CC(C)NCC(=O)OCCc1ccccc1. The molecule has 0 aromatic heterocycles. The maximum atomic E-state index is 11.3. The van der Waals surface area contributed by atoms with Crippen LogP contribution in [-0.4, -0.2) is 25.2 Å². The van der Waals surface area contributed by atoms with Crippen molar-refractivity contribution in [2.24, 2.45) is 0 Å². The highest BCUT2D eigenvalue weighted by Crippen LogP contribution is 1.99. The lowest BCUT2D eigenvalue weighted by Crippen LogP contribution is -2.30. The third kappa shape index (κ3) is 5.51. The molecular weight excluding hydrogens is 202 g/mol. The Kier molecular flexibility index (Phi) is 5.57. The summed E-state index contributed by atoms with van der Waals surface area (Å²) in [5.74, 6) is -0.190. The zero-order chi connectivity index (χ0) is 11.8. The van der Waals surface area contributed by atoms with E-state index in [-0.39, 0.29) is 12.5 Å². The molecule has 0 bridgehead atoms. The topological polar surface area (TPSA) is 38.3 Å². The molecule has 0 saturated carbocycles. The minimum absolute atomic E-state index is 0.190. The number of hydrogen-bond donors (Lipinski definition) is 1. The minimum atomic E-state index is -0.190. The molecule has 0 radical (unpaired) electrons. The van der Waals surface area contributed by atoms with Gasteiger partial charge in [0.2, 0.25) is 0 Å². The van der Waals surface area contributed by atoms with Gasteiger partial charge >= 0.3 is 5.97 Å². The monoisotopic (exact) mass is 221 g/mol. The number of benzene rings is 1. The number of nitrogens with one attached hydrogen (secondary N) is 1. The average Bonchev–Trinajstić information content (AvgIpc) is 2.28. The van der Waals surface area contributed by atoms with E-state index in [2.05, 4.69) is 5.32 Å². The van der Waals surface area contributed by atoms with Crippen LogP contribution in [-0.2, 0) is 16.0 Å². The summed E-state index contributed by atoms with van der Waals surface area (Å²) in [7, 11) is 0. The highest BCUT2D eigenvalue weighted by molar-refractivity contribution is 5.71. The molecule has 1 aromatic rings. The first-order valence-electron chi connectivity index (χ1n) is 5.61. The molecule has 0 aliphatic carbocycles. The molecule has 16 heavy (non-hydrogen) atoms. The molecule has 0 fully saturated rings. The first-order valence-corrected chi connectivity index (χ1v) is 5.61. The number of hydrogen-bond acceptors (Lipinski definition) is 3. The van der Waals surface area contributed by atoms with E-state index in [9.17, 15) is 4.79 Å². The summed E-state index contributed by atoms with van der Waals surface area (Å²) >= 11 is 0. The Labute approximate surface area is 96.8 Å². The van der Waals surface area contributed by atoms with Crippen LogP contribution < -0.4 is 5.32 Å². The van der Waals surface area contributed by atoms with Crippen molar-refractivity contribution < 1.29 is 9.53 Å². The van der Waals surface area contributed by atoms with Gasteiger partial charge in [-0.05, 0) is 5.56 Å². The van der Waals surface area contributed by atoms with Gasteiger partial charge in [0.05, 0.1) is 13.2 Å². The molecule has 3 heteroatoms. The van der Waals surface area contributed by atoms with Crippen LogP contribution in [0.3, 0.4) is 0 Å². The number of esters is 1. The van der Waals surface area contributed by atoms with Gasteiger partial charge in [-0.25, -0.2) is 0 Å². The zero-order valence-corrected chi connectivity index (χ0v) is 9.90. The van der Waals surface area contributed by atoms with Crippen LogP contribution in [0.1, 0.15) is 19.4 Å². The third-order valence-corrected chi connectivity index (χ3v) is 2.15. The van der Waals surface area contributed by atoms with Gasteiger partial charge in [0.1, 0.15) is 0 Å². The summed E-state index contributed by atoms with van der Waals surface area (Å²) in [6.07, 6.45) is 0.772. The fourth-order valence-corrected chi connectivity index (χ4v) is 1.27. The van der Waals surface area contributed by atoms with Gasteiger partial charge in [0, 0.05) is 12.5 Å². The average molecular weight is 221 g/mol. The third-order valence-electron chi connectivity index (χ3n) is 2.15. The van der Waals surface area contributed by atoms with E-state index < -0.39 is 0 Å². The Hall–Kier alpha value is -1.35. The molecule has 0 spiro atoms. The van der Waals surface area contributed by atoms with E-state index in [0.717, 1.165) is 6.42 Å². The van der Waals surface area contributed by atoms with Crippen molar-refractivity contribution in [1.82, 2.24) is 5.32 Å². The largest absolute Gasteiger partial charge is 0.464 e. The van der Waals surface area contributed by atoms with Gasteiger partial charge in [0.15, 0.2) is 0 Å². The number of carbonyl (C=O) groups is 1. The van der Waals surface area contributed by atoms with Crippen LogP contribution in [0, 0.1) is 0 Å². The van der Waals surface area contributed by atoms with Crippen molar-refractivity contribution in [3.63, 3.8) is 0 Å². The lowest BCUT2D eigenvalue weighted by molar-refractivity contribution is -0.142. The first kappa shape index (κ1) is 12.7. The van der Waals surface area contributed by atoms with Crippen molar-refractivity contribution >= 4 is 5.97 Å². The van der Waals surface area contributed by atoms with Crippen LogP contribution in [0.5, 0.6) is 0 Å². The second-order valence-electron chi connectivity index (χ2n) is 3.99. The van der Waals surface area contributed by atoms with Gasteiger partial charge in [-0.15, -0.1) is 0 Å². The number of rotatable bonds is 6. The van der Waals surface area contributed by atoms with Crippen LogP contribution in [0.25, 0.3) is 0 Å². The van der Waals surface area contributed by atoms with Gasteiger partial charge in [0.25, 0.3) is 0 Å². The summed E-state index contributed by atoms with van der Waals surface area (Å²) in [6, 6.07) is 10.3. The quantitative estimate of drug-likeness (QED) is 0.744. The maximum Gasteiger partial charge on any atom is 0.319 e. The Morgan fingerprint density at radius 2 is 2.00 bits per heavy atom. The Bertz CT molecular complexity index is 309. The highest BCUT2D eigenvalue weighted by atomic mass is 16.5. The van der Waals surface area contributed by atoms with Crippen molar-refractivity contribution in [2.45, 2.75) is 26.3 Å². The molecule has 1 rings (SSSR count). The Morgan fingerprint density at radius 3 is 2.62 bits per heavy atom. The van der Waals surface area contributed by atoms with Crippen LogP contribution in [0.4, 0.5) is 0 Å².